The summed E-state index contributed by atoms with van der Waals surface area (Å²) in [4.78, 5) is 0. The van der Waals surface area contributed by atoms with Gasteiger partial charge in [-0.25, -0.2) is 0 Å². The predicted octanol–water partition coefficient (Wildman–Crippen LogP) is 2.02. The molecule has 1 aliphatic rings. The van der Waals surface area contributed by atoms with Gasteiger partial charge in [-0.1, -0.05) is 11.6 Å². The van der Waals surface area contributed by atoms with Gasteiger partial charge in [-0.05, 0) is 26.2 Å². The molecule has 0 saturated heterocycles. The van der Waals surface area contributed by atoms with Crippen LogP contribution < -0.4 is 0 Å². The van der Waals surface area contributed by atoms with Crippen molar-refractivity contribution in [2.75, 3.05) is 0 Å². The van der Waals surface area contributed by atoms with Gasteiger partial charge in [0, 0.05) is 0 Å². The Hall–Kier alpha value is -0.300. The fourth-order valence-corrected chi connectivity index (χ4v) is 0.977. The van der Waals surface area contributed by atoms with Gasteiger partial charge in [-0.15, -0.1) is 0 Å². The van der Waals surface area contributed by atoms with E-state index in [0.29, 0.717) is 6.10 Å². The molecular weight excluding hydrogens is 100 g/mol. The average molecular weight is 111 g/mol. The zero-order valence-corrected chi connectivity index (χ0v) is 5.15. The van der Waals surface area contributed by atoms with Crippen LogP contribution in [0.25, 0.3) is 0 Å². The lowest BCUT2D eigenvalue weighted by molar-refractivity contribution is 0.308. The van der Waals surface area contributed by atoms with Crippen molar-refractivity contribution >= 4 is 0 Å². The molecule has 0 aromatic heterocycles. The number of aliphatic hydroxyl groups excluding tert-OH is 1. The number of hydrogen-bond acceptors (Lipinski definition) is 1. The molecule has 8 heavy (non-hydrogen) atoms. The van der Waals surface area contributed by atoms with E-state index in [4.69, 9.17) is 5.11 Å². The van der Waals surface area contributed by atoms with Crippen molar-refractivity contribution in [3.8, 4) is 0 Å². The molecule has 0 spiro atoms. The van der Waals surface area contributed by atoms with Crippen LogP contribution in [0.4, 0.5) is 0 Å². The zero-order chi connectivity index (χ0) is 5.98. The summed E-state index contributed by atoms with van der Waals surface area (Å²) in [5.74, 6) is 0. The van der Waals surface area contributed by atoms with Gasteiger partial charge in [0.2, 0.25) is 0 Å². The lowest BCUT2D eigenvalue weighted by atomic mass is 9.99. The van der Waals surface area contributed by atoms with Crippen molar-refractivity contribution in [2.24, 2.45) is 0 Å². The largest absolute Gasteiger partial charge is 0.382 e. The Labute approximate surface area is 50.0 Å². The Morgan fingerprint density at radius 3 is 2.62 bits per heavy atom. The third-order valence-electron chi connectivity index (χ3n) is 1.42. The van der Waals surface area contributed by atoms with E-state index in [2.05, 4.69) is 6.92 Å². The summed E-state index contributed by atoms with van der Waals surface area (Å²) >= 11 is 0. The number of hydrogen-bond donors (Lipinski definition) is 1. The minimum Gasteiger partial charge on any atom is -0.382 e. The topological polar surface area (TPSA) is 20.2 Å². The molecule has 1 rings (SSSR count). The lowest BCUT2D eigenvalue weighted by Crippen LogP contribution is -1.98. The molecule has 1 nitrogen and oxygen atoms in total. The molecule has 0 heterocycles. The minimum atomic E-state index is 0.550. The first-order valence-electron chi connectivity index (χ1n) is 3.01. The van der Waals surface area contributed by atoms with Crippen LogP contribution in [0.2, 0.25) is 0 Å². The van der Waals surface area contributed by atoms with E-state index in [9.17, 15) is 0 Å². The van der Waals surface area contributed by atoms with Crippen LogP contribution in [0.5, 0.6) is 0 Å². The Bertz CT molecular complexity index is 105. The molecule has 1 aliphatic carbocycles. The van der Waals surface area contributed by atoms with Crippen molar-refractivity contribution in [1.82, 2.24) is 0 Å². The van der Waals surface area contributed by atoms with E-state index in [1.807, 2.05) is 6.08 Å². The van der Waals surface area contributed by atoms with Gasteiger partial charge in [0.05, 0.1) is 0 Å². The molecule has 0 bridgehead atoms. The highest BCUT2D eigenvalue weighted by molar-refractivity contribution is 5.13. The maximum absolute atomic E-state index is 8.92. The molecule has 1 radical (unpaired) electrons. The highest BCUT2D eigenvalue weighted by Gasteiger charge is 2.07. The van der Waals surface area contributed by atoms with Crippen molar-refractivity contribution < 1.29 is 5.11 Å². The van der Waals surface area contributed by atoms with Crippen molar-refractivity contribution in [3.05, 3.63) is 17.8 Å². The lowest BCUT2D eigenvalue weighted by Gasteiger charge is -2.11. The number of rotatable bonds is 0. The van der Waals surface area contributed by atoms with Crippen LogP contribution in [0.3, 0.4) is 0 Å². The molecule has 0 unspecified atom stereocenters. The van der Waals surface area contributed by atoms with Crippen LogP contribution >= 0.6 is 0 Å². The van der Waals surface area contributed by atoms with Gasteiger partial charge in [0.15, 0.2) is 0 Å². The van der Waals surface area contributed by atoms with E-state index in [1.165, 1.54) is 5.57 Å². The summed E-state index contributed by atoms with van der Waals surface area (Å²) in [6, 6.07) is 0. The third-order valence-corrected chi connectivity index (χ3v) is 1.42. The summed E-state index contributed by atoms with van der Waals surface area (Å²) in [6.45, 7) is 2.05. The van der Waals surface area contributed by atoms with E-state index in [1.54, 1.807) is 0 Å². The normalized spacial score (nSPS) is 23.0. The predicted molar refractivity (Wildman–Crippen MR) is 32.8 cm³/mol. The molecule has 45 valence electrons. The van der Waals surface area contributed by atoms with E-state index in [-0.39, 0.29) is 0 Å². The highest BCUT2D eigenvalue weighted by Crippen LogP contribution is 2.20. The third kappa shape index (κ3) is 1.34. The van der Waals surface area contributed by atoms with Gasteiger partial charge in [-0.3, -0.25) is 0 Å². The standard InChI is InChI=1S/C7H11O/c1-6-3-2-4-7(8)5-6/h5,8H,2-4H2,1H3. The second-order valence-electron chi connectivity index (χ2n) is 2.34. The molecule has 0 aromatic rings. The first-order valence-corrected chi connectivity index (χ1v) is 3.01. The fourth-order valence-electron chi connectivity index (χ4n) is 0.977. The van der Waals surface area contributed by atoms with Gasteiger partial charge >= 0.3 is 0 Å². The van der Waals surface area contributed by atoms with Gasteiger partial charge < -0.3 is 5.11 Å². The fraction of sp³-hybridized carbons (Fsp3) is 0.571. The molecular formula is C7H11O. The van der Waals surface area contributed by atoms with Crippen LogP contribution in [0.15, 0.2) is 11.6 Å². The molecule has 0 fully saturated rings. The maximum Gasteiger partial charge on any atom is 0.115 e. The summed E-state index contributed by atoms with van der Waals surface area (Å²) < 4.78 is 0. The van der Waals surface area contributed by atoms with Crippen molar-refractivity contribution in [1.29, 1.82) is 0 Å². The smallest absolute Gasteiger partial charge is 0.115 e. The van der Waals surface area contributed by atoms with Gasteiger partial charge in [0.25, 0.3) is 0 Å². The SMILES string of the molecule is CC1=C[C](O)CCC1. The average Bonchev–Trinajstić information content (AvgIpc) is 1.64. The zero-order valence-electron chi connectivity index (χ0n) is 5.15. The van der Waals surface area contributed by atoms with Crippen molar-refractivity contribution in [2.45, 2.75) is 26.2 Å². The van der Waals surface area contributed by atoms with Crippen molar-refractivity contribution in [3.63, 3.8) is 0 Å². The van der Waals surface area contributed by atoms with Gasteiger partial charge in [-0.2, -0.15) is 0 Å². The quantitative estimate of drug-likeness (QED) is 0.507. The molecule has 0 amide bonds. The molecule has 0 aromatic carbocycles. The van der Waals surface area contributed by atoms with Crippen LogP contribution in [0.1, 0.15) is 26.2 Å². The highest BCUT2D eigenvalue weighted by atomic mass is 16.3. The Morgan fingerprint density at radius 2 is 2.25 bits per heavy atom. The van der Waals surface area contributed by atoms with E-state index >= 15 is 0 Å². The number of aliphatic hydroxyl groups is 1. The number of allylic oxidation sites excluding steroid dienone is 1. The maximum atomic E-state index is 8.92. The van der Waals surface area contributed by atoms with Crippen LogP contribution in [0, 0.1) is 6.10 Å². The Balaban J connectivity index is 2.50. The monoisotopic (exact) mass is 111 g/mol. The molecule has 0 aliphatic heterocycles. The first-order chi connectivity index (χ1) is 3.79. The van der Waals surface area contributed by atoms with Crippen LogP contribution in [-0.2, 0) is 0 Å². The van der Waals surface area contributed by atoms with Crippen LogP contribution in [-0.4, -0.2) is 5.11 Å². The Kier molecular flexibility index (Phi) is 1.69. The van der Waals surface area contributed by atoms with Gasteiger partial charge in [0.1, 0.15) is 6.10 Å². The second-order valence-corrected chi connectivity index (χ2v) is 2.34. The Morgan fingerprint density at radius 1 is 1.50 bits per heavy atom. The summed E-state index contributed by atoms with van der Waals surface area (Å²) in [7, 11) is 0. The van der Waals surface area contributed by atoms with E-state index in [0.717, 1.165) is 19.3 Å². The first kappa shape index (κ1) is 5.83. The molecule has 1 N–H and O–H groups in total. The second kappa shape index (κ2) is 2.31. The minimum absolute atomic E-state index is 0.550. The molecule has 0 atom stereocenters. The summed E-state index contributed by atoms with van der Waals surface area (Å²) in [5, 5.41) is 8.92. The van der Waals surface area contributed by atoms with E-state index < -0.39 is 0 Å². The molecule has 0 saturated carbocycles. The molecule has 1 heteroatoms. The summed E-state index contributed by atoms with van der Waals surface area (Å²) in [5.41, 5.74) is 1.30. The summed E-state index contributed by atoms with van der Waals surface area (Å²) in [6.07, 6.45) is 5.56.